The molecule has 0 unspecified atom stereocenters. The number of aryl methyl sites for hydroxylation is 1. The zero-order valence-corrected chi connectivity index (χ0v) is 17.4. The molecule has 0 amide bonds. The number of allylic oxidation sites excluding steroid dienone is 1. The van der Waals surface area contributed by atoms with Crippen LogP contribution < -0.4 is 9.47 Å². The lowest BCUT2D eigenvalue weighted by Gasteiger charge is -2.30. The summed E-state index contributed by atoms with van der Waals surface area (Å²) in [4.78, 5) is 25.7. The molecule has 2 aliphatic rings. The van der Waals surface area contributed by atoms with E-state index in [9.17, 15) is 14.9 Å². The molecule has 5 rings (SSSR count). The van der Waals surface area contributed by atoms with Crippen molar-refractivity contribution in [3.63, 3.8) is 0 Å². The highest BCUT2D eigenvalue weighted by Gasteiger charge is 2.35. The molecule has 160 valence electrons. The number of nitro groups is 1. The van der Waals surface area contributed by atoms with Gasteiger partial charge in [-0.1, -0.05) is 30.3 Å². The van der Waals surface area contributed by atoms with Gasteiger partial charge in [0.05, 0.1) is 16.1 Å². The van der Waals surface area contributed by atoms with E-state index in [4.69, 9.17) is 9.47 Å². The van der Waals surface area contributed by atoms with Crippen molar-refractivity contribution in [3.05, 3.63) is 104 Å². The van der Waals surface area contributed by atoms with Crippen molar-refractivity contribution in [1.29, 1.82) is 0 Å². The third-order valence-electron chi connectivity index (χ3n) is 5.64. The van der Waals surface area contributed by atoms with Crippen LogP contribution in [0.1, 0.15) is 32.6 Å². The lowest BCUT2D eigenvalue weighted by atomic mass is 9.98. The number of ether oxygens (including phenoxy) is 2. The van der Waals surface area contributed by atoms with Gasteiger partial charge in [-0.05, 0) is 47.9 Å². The Morgan fingerprint density at radius 3 is 2.59 bits per heavy atom. The molecule has 0 aliphatic carbocycles. The van der Waals surface area contributed by atoms with Gasteiger partial charge in [0.1, 0.15) is 18.2 Å². The highest BCUT2D eigenvalue weighted by Crippen LogP contribution is 2.44. The van der Waals surface area contributed by atoms with Crippen molar-refractivity contribution >= 4 is 17.5 Å². The SMILES string of the molecule is Cc1cc2c(c3c1C(=O)/C(=C/c1ccc([N+](=O)[O-])cc1)O3)CN(Cc1ccccc1)CO2. The predicted octanol–water partition coefficient (Wildman–Crippen LogP) is 4.87. The van der Waals surface area contributed by atoms with Crippen LogP contribution in [-0.2, 0) is 13.1 Å². The summed E-state index contributed by atoms with van der Waals surface area (Å²) < 4.78 is 12.0. The molecule has 7 heteroatoms. The summed E-state index contributed by atoms with van der Waals surface area (Å²) in [7, 11) is 0. The van der Waals surface area contributed by atoms with Crippen LogP contribution in [0.15, 0.2) is 66.4 Å². The smallest absolute Gasteiger partial charge is 0.269 e. The number of ketones is 1. The number of Topliss-reactive ketones (excluding diaryl/α,β-unsaturated/α-hetero) is 1. The summed E-state index contributed by atoms with van der Waals surface area (Å²) in [5.41, 5.74) is 4.02. The maximum absolute atomic E-state index is 13.1. The van der Waals surface area contributed by atoms with Crippen LogP contribution in [0.5, 0.6) is 11.5 Å². The van der Waals surface area contributed by atoms with Gasteiger partial charge in [0.25, 0.3) is 5.69 Å². The van der Waals surface area contributed by atoms with E-state index in [2.05, 4.69) is 17.0 Å². The normalized spacial score (nSPS) is 16.3. The van der Waals surface area contributed by atoms with Crippen molar-refractivity contribution in [1.82, 2.24) is 4.90 Å². The number of hydrogen-bond donors (Lipinski definition) is 0. The Labute approximate surface area is 184 Å². The first-order valence-electron chi connectivity index (χ1n) is 10.2. The number of fused-ring (bicyclic) bond motifs is 3. The van der Waals surface area contributed by atoms with Crippen LogP contribution in [-0.4, -0.2) is 22.3 Å². The van der Waals surface area contributed by atoms with Crippen molar-refractivity contribution in [2.24, 2.45) is 0 Å². The second-order valence-corrected chi connectivity index (χ2v) is 7.91. The Morgan fingerprint density at radius 1 is 1.12 bits per heavy atom. The summed E-state index contributed by atoms with van der Waals surface area (Å²) in [5, 5.41) is 10.9. The Morgan fingerprint density at radius 2 is 1.88 bits per heavy atom. The van der Waals surface area contributed by atoms with Gasteiger partial charge in [0, 0.05) is 25.2 Å². The first-order valence-corrected chi connectivity index (χ1v) is 10.2. The maximum atomic E-state index is 13.1. The predicted molar refractivity (Wildman–Crippen MR) is 118 cm³/mol. The van der Waals surface area contributed by atoms with Gasteiger partial charge in [-0.3, -0.25) is 19.8 Å². The van der Waals surface area contributed by atoms with Crippen molar-refractivity contribution in [3.8, 4) is 11.5 Å². The highest BCUT2D eigenvalue weighted by atomic mass is 16.6. The summed E-state index contributed by atoms with van der Waals surface area (Å²) in [6, 6.07) is 18.0. The zero-order chi connectivity index (χ0) is 22.2. The van der Waals surface area contributed by atoms with Crippen LogP contribution in [0, 0.1) is 17.0 Å². The number of rotatable bonds is 4. The van der Waals surface area contributed by atoms with Crippen LogP contribution >= 0.6 is 0 Å². The van der Waals surface area contributed by atoms with Crippen LogP contribution in [0.2, 0.25) is 0 Å². The van der Waals surface area contributed by atoms with Crippen LogP contribution in [0.3, 0.4) is 0 Å². The van der Waals surface area contributed by atoms with Gasteiger partial charge in [0.2, 0.25) is 5.78 Å². The molecule has 32 heavy (non-hydrogen) atoms. The Bertz CT molecular complexity index is 1250. The first kappa shape index (κ1) is 20.0. The minimum atomic E-state index is -0.458. The largest absolute Gasteiger partial charge is 0.478 e. The molecule has 0 fully saturated rings. The van der Waals surface area contributed by atoms with Gasteiger partial charge >= 0.3 is 0 Å². The van der Waals surface area contributed by atoms with E-state index in [1.807, 2.05) is 31.2 Å². The Balaban J connectivity index is 1.44. The molecule has 3 aromatic rings. The fourth-order valence-electron chi connectivity index (χ4n) is 4.06. The number of hydrogen-bond acceptors (Lipinski definition) is 6. The molecule has 0 bridgehead atoms. The topological polar surface area (TPSA) is 81.9 Å². The highest BCUT2D eigenvalue weighted by molar-refractivity contribution is 6.15. The number of nitro benzene ring substituents is 1. The molecular formula is C25H20N2O5. The van der Waals surface area contributed by atoms with E-state index >= 15 is 0 Å². The van der Waals surface area contributed by atoms with E-state index in [1.165, 1.54) is 17.7 Å². The monoisotopic (exact) mass is 428 g/mol. The number of nitrogens with zero attached hydrogens (tertiary/aromatic N) is 2. The number of carbonyl (C=O) groups is 1. The summed E-state index contributed by atoms with van der Waals surface area (Å²) in [6.07, 6.45) is 1.61. The van der Waals surface area contributed by atoms with Crippen LogP contribution in [0.25, 0.3) is 6.08 Å². The van der Waals surface area contributed by atoms with Crippen LogP contribution in [0.4, 0.5) is 5.69 Å². The molecule has 3 aromatic carbocycles. The molecule has 0 saturated heterocycles. The summed E-state index contributed by atoms with van der Waals surface area (Å²) >= 11 is 0. The molecule has 2 aliphatic heterocycles. The van der Waals surface area contributed by atoms with Crippen molar-refractivity contribution in [2.45, 2.75) is 20.0 Å². The van der Waals surface area contributed by atoms with Crippen molar-refractivity contribution < 1.29 is 19.2 Å². The standard InChI is InChI=1S/C25H20N2O5/c1-16-11-21-20(14-26(15-31-21)13-18-5-3-2-4-6-18)25-23(16)24(28)22(32-25)12-17-7-9-19(10-8-17)27(29)30/h2-12H,13-15H2,1H3/b22-12-. The molecule has 2 heterocycles. The number of non-ortho nitro benzene ring substituents is 1. The number of benzene rings is 3. The lowest BCUT2D eigenvalue weighted by Crippen LogP contribution is -2.31. The third-order valence-corrected chi connectivity index (χ3v) is 5.64. The first-order chi connectivity index (χ1) is 15.5. The Kier molecular flexibility index (Phi) is 4.95. The van der Waals surface area contributed by atoms with Gasteiger partial charge < -0.3 is 9.47 Å². The average Bonchev–Trinajstić information content (AvgIpc) is 3.12. The van der Waals surface area contributed by atoms with E-state index in [0.29, 0.717) is 30.2 Å². The quantitative estimate of drug-likeness (QED) is 0.335. The molecule has 0 aromatic heterocycles. The summed E-state index contributed by atoms with van der Waals surface area (Å²) in [5.74, 6) is 1.27. The minimum absolute atomic E-state index is 0.00493. The van der Waals surface area contributed by atoms with Gasteiger partial charge in [-0.2, -0.15) is 0 Å². The maximum Gasteiger partial charge on any atom is 0.269 e. The average molecular weight is 428 g/mol. The van der Waals surface area contributed by atoms with Gasteiger partial charge in [0.15, 0.2) is 5.76 Å². The van der Waals surface area contributed by atoms with E-state index < -0.39 is 4.92 Å². The van der Waals surface area contributed by atoms with Crippen molar-refractivity contribution in [2.75, 3.05) is 6.73 Å². The van der Waals surface area contributed by atoms with E-state index in [-0.39, 0.29) is 17.2 Å². The zero-order valence-electron chi connectivity index (χ0n) is 17.4. The fraction of sp³-hybridized carbons (Fsp3) is 0.160. The Hall–Kier alpha value is -3.97. The molecule has 0 saturated carbocycles. The van der Waals surface area contributed by atoms with Gasteiger partial charge in [-0.15, -0.1) is 0 Å². The second-order valence-electron chi connectivity index (χ2n) is 7.91. The molecule has 0 atom stereocenters. The fourth-order valence-corrected chi connectivity index (χ4v) is 4.06. The molecule has 0 spiro atoms. The molecule has 0 radical (unpaired) electrons. The van der Waals surface area contributed by atoms with E-state index in [1.54, 1.807) is 18.2 Å². The van der Waals surface area contributed by atoms with E-state index in [0.717, 1.165) is 23.4 Å². The molecule has 0 N–H and O–H groups in total. The molecule has 7 nitrogen and oxygen atoms in total. The van der Waals surface area contributed by atoms with Gasteiger partial charge in [-0.25, -0.2) is 0 Å². The summed E-state index contributed by atoms with van der Waals surface area (Å²) in [6.45, 7) is 3.65. The second kappa shape index (κ2) is 7.94. The number of carbonyl (C=O) groups excluding carboxylic acids is 1. The lowest BCUT2D eigenvalue weighted by molar-refractivity contribution is -0.384. The molecular weight excluding hydrogens is 408 g/mol. The third kappa shape index (κ3) is 3.63. The minimum Gasteiger partial charge on any atom is -0.478 e.